The number of sulfonamides is 1. The van der Waals surface area contributed by atoms with Gasteiger partial charge in [-0.25, -0.2) is 18.4 Å². The van der Waals surface area contributed by atoms with E-state index in [0.29, 0.717) is 0 Å². The van der Waals surface area contributed by atoms with Crippen molar-refractivity contribution < 1.29 is 27.5 Å². The highest BCUT2D eigenvalue weighted by Crippen LogP contribution is 2.23. The summed E-state index contributed by atoms with van der Waals surface area (Å²) in [7, 11) is -2.69. The van der Waals surface area contributed by atoms with Crippen molar-refractivity contribution >= 4 is 21.9 Å². The second-order valence-corrected chi connectivity index (χ2v) is 5.42. The van der Waals surface area contributed by atoms with Crippen molar-refractivity contribution in [2.24, 2.45) is 10.9 Å². The van der Waals surface area contributed by atoms with Crippen LogP contribution in [0.25, 0.3) is 0 Å². The van der Waals surface area contributed by atoms with Crippen LogP contribution in [0.5, 0.6) is 5.75 Å². The van der Waals surface area contributed by atoms with Gasteiger partial charge in [-0.1, -0.05) is 0 Å². The highest BCUT2D eigenvalue weighted by Gasteiger charge is 2.21. The van der Waals surface area contributed by atoms with Crippen LogP contribution in [0.3, 0.4) is 0 Å². The lowest BCUT2D eigenvalue weighted by molar-refractivity contribution is -0.125. The van der Waals surface area contributed by atoms with Gasteiger partial charge >= 0.3 is 5.97 Å². The topological polar surface area (TPSA) is 139 Å². The fourth-order valence-electron chi connectivity index (χ4n) is 1.31. The minimum Gasteiger partial charge on any atom is -0.496 e. The summed E-state index contributed by atoms with van der Waals surface area (Å²) < 4.78 is 32.2. The average molecular weight is 302 g/mol. The third kappa shape index (κ3) is 3.68. The van der Waals surface area contributed by atoms with Crippen molar-refractivity contribution in [2.45, 2.75) is 17.9 Å². The first-order chi connectivity index (χ1) is 9.16. The molecular formula is C11H14N2O6S. The summed E-state index contributed by atoms with van der Waals surface area (Å²) in [5, 5.41) is 4.97. The molecule has 1 aromatic rings. The zero-order valence-corrected chi connectivity index (χ0v) is 11.6. The molecular weight excluding hydrogens is 288 g/mol. The van der Waals surface area contributed by atoms with Gasteiger partial charge in [0.25, 0.3) is 5.91 Å². The second-order valence-electron chi connectivity index (χ2n) is 3.86. The van der Waals surface area contributed by atoms with E-state index < -0.39 is 28.0 Å². The normalized spacial score (nSPS) is 12.6. The summed E-state index contributed by atoms with van der Waals surface area (Å²) in [6, 6.07) is 3.44. The molecule has 1 amide bonds. The maximum absolute atomic E-state index is 11.9. The number of primary amides is 1. The minimum atomic E-state index is -3.98. The van der Waals surface area contributed by atoms with Crippen molar-refractivity contribution in [3.8, 4) is 5.75 Å². The van der Waals surface area contributed by atoms with Gasteiger partial charge in [-0.15, -0.1) is 0 Å². The Morgan fingerprint density at radius 1 is 1.30 bits per heavy atom. The average Bonchev–Trinajstić information content (AvgIpc) is 2.36. The third-order valence-corrected chi connectivity index (χ3v) is 3.31. The SMILES string of the molecule is COc1ccc(S(N)(=O)=O)cc1C(=O)OC(C)C(N)=O. The Kier molecular flexibility index (Phi) is 4.69. The van der Waals surface area contributed by atoms with Gasteiger partial charge in [-0.3, -0.25) is 4.79 Å². The Balaban J connectivity index is 3.21. The van der Waals surface area contributed by atoms with Gasteiger partial charge in [-0.2, -0.15) is 0 Å². The molecule has 1 rings (SSSR count). The van der Waals surface area contributed by atoms with Gasteiger partial charge in [0.15, 0.2) is 6.10 Å². The zero-order chi connectivity index (χ0) is 15.5. The Hall–Kier alpha value is -2.13. The molecule has 1 unspecified atom stereocenters. The van der Waals surface area contributed by atoms with E-state index in [2.05, 4.69) is 0 Å². The first kappa shape index (κ1) is 15.9. The summed E-state index contributed by atoms with van der Waals surface area (Å²) >= 11 is 0. The molecule has 8 nitrogen and oxygen atoms in total. The van der Waals surface area contributed by atoms with Gasteiger partial charge in [0, 0.05) is 0 Å². The van der Waals surface area contributed by atoms with Gasteiger partial charge in [0.1, 0.15) is 11.3 Å². The predicted octanol–water partition coefficient (Wildman–Crippen LogP) is -0.627. The second kappa shape index (κ2) is 5.88. The molecule has 0 bridgehead atoms. The number of carbonyl (C=O) groups is 2. The maximum Gasteiger partial charge on any atom is 0.342 e. The lowest BCUT2D eigenvalue weighted by Crippen LogP contribution is -2.30. The molecule has 0 aromatic heterocycles. The number of esters is 1. The van der Waals surface area contributed by atoms with Gasteiger partial charge in [-0.05, 0) is 25.1 Å². The molecule has 1 aromatic carbocycles. The molecule has 0 radical (unpaired) electrons. The van der Waals surface area contributed by atoms with Crippen molar-refractivity contribution in [2.75, 3.05) is 7.11 Å². The monoisotopic (exact) mass is 302 g/mol. The van der Waals surface area contributed by atoms with E-state index in [9.17, 15) is 18.0 Å². The van der Waals surface area contributed by atoms with E-state index in [0.717, 1.165) is 6.07 Å². The minimum absolute atomic E-state index is 0.0825. The number of primary sulfonamides is 1. The number of nitrogens with two attached hydrogens (primary N) is 2. The lowest BCUT2D eigenvalue weighted by Gasteiger charge is -2.12. The molecule has 0 aliphatic heterocycles. The molecule has 0 spiro atoms. The summed E-state index contributed by atoms with van der Waals surface area (Å²) in [4.78, 5) is 22.4. The largest absolute Gasteiger partial charge is 0.496 e. The van der Waals surface area contributed by atoms with Crippen LogP contribution >= 0.6 is 0 Å². The molecule has 0 aliphatic rings. The van der Waals surface area contributed by atoms with E-state index in [1.807, 2.05) is 0 Å². The molecule has 0 fully saturated rings. The summed E-state index contributed by atoms with van der Waals surface area (Å²) in [5.41, 5.74) is 4.79. The highest BCUT2D eigenvalue weighted by molar-refractivity contribution is 7.89. The lowest BCUT2D eigenvalue weighted by atomic mass is 10.2. The Bertz CT molecular complexity index is 640. The molecule has 110 valence electrons. The first-order valence-corrected chi connectivity index (χ1v) is 6.92. The Morgan fingerprint density at radius 2 is 1.90 bits per heavy atom. The molecule has 0 saturated carbocycles. The van der Waals surface area contributed by atoms with Crippen LogP contribution in [0.15, 0.2) is 23.1 Å². The van der Waals surface area contributed by atoms with E-state index in [1.54, 1.807) is 0 Å². The van der Waals surface area contributed by atoms with Gasteiger partial charge < -0.3 is 15.2 Å². The fraction of sp³-hybridized carbons (Fsp3) is 0.273. The summed E-state index contributed by atoms with van der Waals surface area (Å²) in [6.45, 7) is 1.29. The molecule has 0 saturated heterocycles. The number of hydrogen-bond acceptors (Lipinski definition) is 6. The molecule has 20 heavy (non-hydrogen) atoms. The smallest absolute Gasteiger partial charge is 0.342 e. The van der Waals surface area contributed by atoms with Crippen molar-refractivity contribution in [1.82, 2.24) is 0 Å². The summed E-state index contributed by atoms with van der Waals surface area (Å²) in [6.07, 6.45) is -1.16. The number of hydrogen-bond donors (Lipinski definition) is 2. The molecule has 9 heteroatoms. The van der Waals surface area contributed by atoms with E-state index in [-0.39, 0.29) is 16.2 Å². The number of ether oxygens (including phenoxy) is 2. The number of amides is 1. The van der Waals surface area contributed by atoms with Crippen LogP contribution in [0.2, 0.25) is 0 Å². The highest BCUT2D eigenvalue weighted by atomic mass is 32.2. The van der Waals surface area contributed by atoms with Crippen LogP contribution in [0.4, 0.5) is 0 Å². The fourth-order valence-corrected chi connectivity index (χ4v) is 1.85. The quantitative estimate of drug-likeness (QED) is 0.694. The number of methoxy groups -OCH3 is 1. The van der Waals surface area contributed by atoms with E-state index >= 15 is 0 Å². The molecule has 0 heterocycles. The zero-order valence-electron chi connectivity index (χ0n) is 10.8. The third-order valence-electron chi connectivity index (χ3n) is 2.40. The number of carbonyl (C=O) groups excluding carboxylic acids is 2. The first-order valence-electron chi connectivity index (χ1n) is 5.38. The van der Waals surface area contributed by atoms with Gasteiger partial charge in [0.05, 0.1) is 12.0 Å². The maximum atomic E-state index is 11.9. The van der Waals surface area contributed by atoms with Gasteiger partial charge in [0.2, 0.25) is 10.0 Å². The van der Waals surface area contributed by atoms with Crippen molar-refractivity contribution in [3.05, 3.63) is 23.8 Å². The molecule has 1 atom stereocenters. The van der Waals surface area contributed by atoms with Crippen LogP contribution in [-0.2, 0) is 19.6 Å². The molecule has 4 N–H and O–H groups in total. The van der Waals surface area contributed by atoms with E-state index in [4.69, 9.17) is 20.3 Å². The molecule has 0 aliphatic carbocycles. The standard InChI is InChI=1S/C11H14N2O6S/c1-6(10(12)14)19-11(15)8-5-7(20(13,16)17)3-4-9(8)18-2/h3-6H,1-2H3,(H2,12,14)(H2,13,16,17). The van der Waals surface area contributed by atoms with Crippen molar-refractivity contribution in [3.63, 3.8) is 0 Å². The van der Waals surface area contributed by atoms with Crippen LogP contribution in [0.1, 0.15) is 17.3 Å². The number of rotatable bonds is 5. The van der Waals surface area contributed by atoms with E-state index in [1.165, 1.54) is 26.2 Å². The Morgan fingerprint density at radius 3 is 2.35 bits per heavy atom. The summed E-state index contributed by atoms with van der Waals surface area (Å²) in [5.74, 6) is -1.70. The number of benzene rings is 1. The van der Waals surface area contributed by atoms with Crippen LogP contribution in [-0.4, -0.2) is 33.5 Å². The Labute approximate surface area is 115 Å². The predicted molar refractivity (Wildman–Crippen MR) is 68.4 cm³/mol. The van der Waals surface area contributed by atoms with Crippen LogP contribution in [0, 0.1) is 0 Å². The van der Waals surface area contributed by atoms with Crippen molar-refractivity contribution in [1.29, 1.82) is 0 Å². The van der Waals surface area contributed by atoms with Crippen LogP contribution < -0.4 is 15.6 Å².